The van der Waals surface area contributed by atoms with Gasteiger partial charge < -0.3 is 11.1 Å². The molecule has 0 amide bonds. The molecule has 0 aliphatic heterocycles. The molecule has 180 valence electrons. The Morgan fingerprint density at radius 2 is 1.71 bits per heavy atom. The predicted molar refractivity (Wildman–Crippen MR) is 128 cm³/mol. The summed E-state index contributed by atoms with van der Waals surface area (Å²) in [4.78, 5) is 0. The molecular formula is C25H47N3O2S. The quantitative estimate of drug-likeness (QED) is 0.548. The third-order valence-corrected chi connectivity index (χ3v) is 11.4. The van der Waals surface area contributed by atoms with Crippen LogP contribution in [-0.2, 0) is 10.0 Å². The van der Waals surface area contributed by atoms with Gasteiger partial charge in [0.05, 0.1) is 6.26 Å². The van der Waals surface area contributed by atoms with Crippen LogP contribution in [0.3, 0.4) is 0 Å². The van der Waals surface area contributed by atoms with E-state index in [9.17, 15) is 8.42 Å². The monoisotopic (exact) mass is 453 g/mol. The normalized spacial score (nSPS) is 46.1. The second-order valence-electron chi connectivity index (χ2n) is 12.2. The molecule has 4 N–H and O–H groups in total. The molecule has 4 fully saturated rings. The average Bonchev–Trinajstić information content (AvgIpc) is 3.07. The van der Waals surface area contributed by atoms with Gasteiger partial charge in [-0.3, -0.25) is 0 Å². The number of sulfonamides is 1. The smallest absolute Gasteiger partial charge is 0.208 e. The average molecular weight is 454 g/mol. The van der Waals surface area contributed by atoms with Gasteiger partial charge in [-0.05, 0) is 104 Å². The fourth-order valence-corrected chi connectivity index (χ4v) is 9.70. The predicted octanol–water partition coefficient (Wildman–Crippen LogP) is 3.75. The minimum absolute atomic E-state index is 0.392. The maximum absolute atomic E-state index is 11.6. The van der Waals surface area contributed by atoms with Gasteiger partial charge in [0, 0.05) is 25.7 Å². The van der Waals surface area contributed by atoms with Crippen molar-refractivity contribution < 1.29 is 8.42 Å². The van der Waals surface area contributed by atoms with Crippen LogP contribution in [0.2, 0.25) is 0 Å². The summed E-state index contributed by atoms with van der Waals surface area (Å²) in [5.74, 6) is 4.54. The van der Waals surface area contributed by atoms with Gasteiger partial charge in [-0.15, -0.1) is 0 Å². The lowest BCUT2D eigenvalue weighted by molar-refractivity contribution is -0.117. The van der Waals surface area contributed by atoms with Gasteiger partial charge >= 0.3 is 0 Å². The van der Waals surface area contributed by atoms with Crippen molar-refractivity contribution in [1.29, 1.82) is 0 Å². The Balaban J connectivity index is 1.45. The molecule has 9 atom stereocenters. The van der Waals surface area contributed by atoms with E-state index in [1.807, 2.05) is 0 Å². The lowest BCUT2D eigenvalue weighted by Crippen LogP contribution is -2.55. The van der Waals surface area contributed by atoms with Crippen LogP contribution in [0.5, 0.6) is 0 Å². The Morgan fingerprint density at radius 1 is 1.00 bits per heavy atom. The lowest BCUT2D eigenvalue weighted by atomic mass is 9.44. The molecule has 0 bridgehead atoms. The summed E-state index contributed by atoms with van der Waals surface area (Å²) in [5, 5.41) is 3.70. The first-order chi connectivity index (χ1) is 14.6. The largest absolute Gasteiger partial charge is 0.329 e. The first-order valence-corrected chi connectivity index (χ1v) is 14.9. The highest BCUT2D eigenvalue weighted by atomic mass is 32.2. The molecular weight excluding hydrogens is 406 g/mol. The summed E-state index contributed by atoms with van der Waals surface area (Å²) in [6, 6.07) is 0.672. The Hall–Kier alpha value is -0.170. The summed E-state index contributed by atoms with van der Waals surface area (Å²) in [5.41, 5.74) is 6.64. The van der Waals surface area contributed by atoms with Crippen molar-refractivity contribution in [3.05, 3.63) is 0 Å². The molecule has 0 radical (unpaired) electrons. The van der Waals surface area contributed by atoms with Crippen LogP contribution in [0.4, 0.5) is 0 Å². The third-order valence-electron chi connectivity index (χ3n) is 10.7. The highest BCUT2D eigenvalue weighted by Crippen LogP contribution is 2.68. The van der Waals surface area contributed by atoms with E-state index >= 15 is 0 Å². The second kappa shape index (κ2) is 8.88. The van der Waals surface area contributed by atoms with Gasteiger partial charge in [0.2, 0.25) is 10.0 Å². The van der Waals surface area contributed by atoms with Crippen LogP contribution in [0.15, 0.2) is 0 Å². The summed E-state index contributed by atoms with van der Waals surface area (Å²) >= 11 is 0. The van der Waals surface area contributed by atoms with Crippen molar-refractivity contribution in [2.45, 2.75) is 84.6 Å². The third kappa shape index (κ3) is 4.48. The number of hydrogen-bond donors (Lipinski definition) is 3. The molecule has 0 aromatic heterocycles. The van der Waals surface area contributed by atoms with Crippen LogP contribution in [-0.4, -0.2) is 40.3 Å². The van der Waals surface area contributed by atoms with E-state index < -0.39 is 10.0 Å². The summed E-state index contributed by atoms with van der Waals surface area (Å²) in [7, 11) is -3.11. The number of rotatable bonds is 7. The van der Waals surface area contributed by atoms with Crippen LogP contribution >= 0.6 is 0 Å². The van der Waals surface area contributed by atoms with E-state index in [-0.39, 0.29) is 0 Å². The molecule has 5 nitrogen and oxygen atoms in total. The number of hydrogen-bond acceptors (Lipinski definition) is 4. The molecule has 0 saturated heterocycles. The van der Waals surface area contributed by atoms with E-state index in [1.165, 1.54) is 64.0 Å². The van der Waals surface area contributed by atoms with Gasteiger partial charge in [-0.25, -0.2) is 13.1 Å². The maximum atomic E-state index is 11.6. The Labute approximate surface area is 191 Å². The molecule has 4 aliphatic rings. The molecule has 6 heteroatoms. The topological polar surface area (TPSA) is 84.2 Å². The van der Waals surface area contributed by atoms with Crippen LogP contribution in [0, 0.1) is 46.3 Å². The van der Waals surface area contributed by atoms with E-state index in [1.54, 1.807) is 0 Å². The van der Waals surface area contributed by atoms with Crippen molar-refractivity contribution in [2.24, 2.45) is 52.1 Å². The molecule has 4 rings (SSSR count). The Bertz CT molecular complexity index is 743. The van der Waals surface area contributed by atoms with Gasteiger partial charge in [-0.2, -0.15) is 0 Å². The van der Waals surface area contributed by atoms with Crippen molar-refractivity contribution >= 4 is 10.0 Å². The van der Waals surface area contributed by atoms with Gasteiger partial charge in [0.25, 0.3) is 0 Å². The van der Waals surface area contributed by atoms with Gasteiger partial charge in [0.15, 0.2) is 0 Å². The summed E-state index contributed by atoms with van der Waals surface area (Å²) in [6.45, 7) is 9.76. The van der Waals surface area contributed by atoms with E-state index in [0.717, 1.165) is 36.8 Å². The highest BCUT2D eigenvalue weighted by molar-refractivity contribution is 7.88. The molecule has 0 spiro atoms. The zero-order valence-electron chi connectivity index (χ0n) is 20.3. The van der Waals surface area contributed by atoms with E-state index in [2.05, 4.69) is 30.8 Å². The fraction of sp³-hybridized carbons (Fsp3) is 1.00. The van der Waals surface area contributed by atoms with E-state index in [0.29, 0.717) is 35.3 Å². The summed E-state index contributed by atoms with van der Waals surface area (Å²) < 4.78 is 26.0. The molecule has 4 saturated carbocycles. The summed E-state index contributed by atoms with van der Waals surface area (Å²) in [6.07, 6.45) is 13.5. The molecule has 0 heterocycles. The van der Waals surface area contributed by atoms with Crippen molar-refractivity contribution in [3.8, 4) is 0 Å². The fourth-order valence-electron chi connectivity index (χ4n) is 9.13. The highest BCUT2D eigenvalue weighted by Gasteiger charge is 2.60. The van der Waals surface area contributed by atoms with Crippen LogP contribution < -0.4 is 15.8 Å². The van der Waals surface area contributed by atoms with E-state index in [4.69, 9.17) is 5.73 Å². The Morgan fingerprint density at radius 3 is 2.42 bits per heavy atom. The first kappa shape index (κ1) is 24.0. The SMILES string of the molecule is C[C@H](CNS(C)(=O)=O)[C@H]1CCC2C3CC[C@@H]4C[C@@H](NCCN)CC[C@]4(C)C3CC[C@@]21C. The maximum Gasteiger partial charge on any atom is 0.208 e. The lowest BCUT2D eigenvalue weighted by Gasteiger charge is -2.61. The Kier molecular flexibility index (Phi) is 6.87. The minimum Gasteiger partial charge on any atom is -0.329 e. The second-order valence-corrected chi connectivity index (χ2v) is 14.0. The zero-order chi connectivity index (χ0) is 22.4. The van der Waals surface area contributed by atoms with Crippen molar-refractivity contribution in [3.63, 3.8) is 0 Å². The van der Waals surface area contributed by atoms with Crippen LogP contribution in [0.1, 0.15) is 78.6 Å². The van der Waals surface area contributed by atoms with Gasteiger partial charge in [0.1, 0.15) is 0 Å². The first-order valence-electron chi connectivity index (χ1n) is 13.0. The zero-order valence-corrected chi connectivity index (χ0v) is 21.1. The van der Waals surface area contributed by atoms with Crippen LogP contribution in [0.25, 0.3) is 0 Å². The minimum atomic E-state index is -3.11. The molecule has 4 aliphatic carbocycles. The number of fused-ring (bicyclic) bond motifs is 5. The molecule has 0 aromatic rings. The van der Waals surface area contributed by atoms with Crippen molar-refractivity contribution in [1.82, 2.24) is 10.0 Å². The number of nitrogens with two attached hydrogens (primary N) is 1. The van der Waals surface area contributed by atoms with Crippen molar-refractivity contribution in [2.75, 3.05) is 25.9 Å². The molecule has 0 aromatic carbocycles. The van der Waals surface area contributed by atoms with Gasteiger partial charge in [-0.1, -0.05) is 20.8 Å². The number of nitrogens with one attached hydrogen (secondary N) is 2. The molecule has 3 unspecified atom stereocenters. The standard InChI is InChI=1S/C25H47N3O2S/c1-17(16-28-31(4,29)30)21-7-8-22-20-6-5-18-15-19(27-14-13-26)9-11-24(18,2)23(20)10-12-25(21,22)3/h17-23,27-28H,5-16,26H2,1-4H3/t17-,18-,19+,20?,21-,22?,23?,24+,25-/m1/s1. The molecule has 31 heavy (non-hydrogen) atoms.